The molecule has 4 N–H and O–H groups in total. The largest absolute Gasteiger partial charge is 0.462 e. The molecule has 1 unspecified atom stereocenters. The first-order valence-electron chi connectivity index (χ1n) is 14.2. The standard InChI is InChI=1S/C29H37N6O9P/c1-17(2)26(36)42-24-22(43-29(15-30,28(24,6)38)23-13-12-21-25(31)32-16-33-35(21)23)14-40-45(39,44-20-10-8-7-9-11-20)34-19(5)27(37)41-18(3)4/h7-13,16-19,22,24,38H,14H2,1-6H3,(H,34,39)(H2,31,32,33)/t19-,22-,24-,28-,29+,45?/m1/s1. The normalized spacial score (nSPS) is 25.1. The molecule has 0 amide bonds. The minimum absolute atomic E-state index is 0.0686. The molecule has 1 aliphatic rings. The Bertz CT molecular complexity index is 1620. The number of ether oxygens (including phenoxy) is 3. The van der Waals surface area contributed by atoms with Gasteiger partial charge in [0.05, 0.1) is 24.3 Å². The van der Waals surface area contributed by atoms with Crippen LogP contribution in [0, 0.1) is 17.2 Å². The minimum atomic E-state index is -4.40. The molecule has 1 aromatic carbocycles. The van der Waals surface area contributed by atoms with E-state index in [-0.39, 0.29) is 17.3 Å². The van der Waals surface area contributed by atoms with E-state index in [4.69, 9.17) is 29.0 Å². The zero-order valence-electron chi connectivity index (χ0n) is 25.7. The Morgan fingerprint density at radius 1 is 1.18 bits per heavy atom. The highest BCUT2D eigenvalue weighted by atomic mass is 31.2. The van der Waals surface area contributed by atoms with Crippen LogP contribution in [0.4, 0.5) is 5.82 Å². The fourth-order valence-electron chi connectivity index (χ4n) is 4.79. The lowest BCUT2D eigenvalue weighted by Crippen LogP contribution is -2.54. The summed E-state index contributed by atoms with van der Waals surface area (Å²) in [5.74, 6) is -1.74. The van der Waals surface area contributed by atoms with E-state index in [1.807, 2.05) is 6.07 Å². The van der Waals surface area contributed by atoms with Crippen molar-refractivity contribution in [2.45, 2.75) is 77.1 Å². The van der Waals surface area contributed by atoms with Gasteiger partial charge in [0.2, 0.25) is 5.60 Å². The molecule has 0 bridgehead atoms. The minimum Gasteiger partial charge on any atom is -0.462 e. The van der Waals surface area contributed by atoms with E-state index in [1.165, 1.54) is 42.9 Å². The van der Waals surface area contributed by atoms with Gasteiger partial charge in [-0.1, -0.05) is 32.0 Å². The van der Waals surface area contributed by atoms with Crippen LogP contribution in [0.25, 0.3) is 5.52 Å². The fourth-order valence-corrected chi connectivity index (χ4v) is 6.29. The van der Waals surface area contributed by atoms with Crippen molar-refractivity contribution >= 4 is 31.0 Å². The van der Waals surface area contributed by atoms with Crippen molar-refractivity contribution in [1.82, 2.24) is 19.7 Å². The topological polar surface area (TPSA) is 210 Å². The number of nitrogen functional groups attached to an aromatic ring is 1. The van der Waals surface area contributed by atoms with Gasteiger partial charge in [0.15, 0.2) is 11.9 Å². The summed E-state index contributed by atoms with van der Waals surface area (Å²) < 4.78 is 44.0. The second-order valence-corrected chi connectivity index (χ2v) is 13.0. The molecule has 45 heavy (non-hydrogen) atoms. The van der Waals surface area contributed by atoms with Crippen LogP contribution in [0.5, 0.6) is 5.75 Å². The zero-order chi connectivity index (χ0) is 33.2. The molecule has 0 aliphatic carbocycles. The number of rotatable bonds is 12. The summed E-state index contributed by atoms with van der Waals surface area (Å²) in [6.07, 6.45) is -2.15. The molecule has 3 aromatic rings. The van der Waals surface area contributed by atoms with E-state index < -0.39 is 67.8 Å². The number of hydrogen-bond acceptors (Lipinski definition) is 13. The summed E-state index contributed by atoms with van der Waals surface area (Å²) in [5, 5.41) is 29.3. The summed E-state index contributed by atoms with van der Waals surface area (Å²) in [4.78, 5) is 29.3. The van der Waals surface area contributed by atoms with Crippen LogP contribution in [0.2, 0.25) is 0 Å². The molecule has 15 nitrogen and oxygen atoms in total. The third kappa shape index (κ3) is 6.80. The Morgan fingerprint density at radius 3 is 2.49 bits per heavy atom. The van der Waals surface area contributed by atoms with Crippen molar-refractivity contribution in [3.05, 3.63) is 54.5 Å². The van der Waals surface area contributed by atoms with E-state index in [0.29, 0.717) is 5.52 Å². The number of aliphatic hydroxyl groups is 1. The molecule has 1 fully saturated rings. The summed E-state index contributed by atoms with van der Waals surface area (Å²) in [5.41, 5.74) is 1.99. The van der Waals surface area contributed by atoms with Gasteiger partial charge >= 0.3 is 19.7 Å². The maximum absolute atomic E-state index is 14.1. The maximum atomic E-state index is 14.1. The number of carbonyl (C=O) groups is 2. The van der Waals surface area contributed by atoms with Crippen molar-refractivity contribution in [1.29, 1.82) is 5.26 Å². The lowest BCUT2D eigenvalue weighted by atomic mass is 9.80. The van der Waals surface area contributed by atoms with E-state index in [9.17, 15) is 24.5 Å². The van der Waals surface area contributed by atoms with Crippen LogP contribution in [0.3, 0.4) is 0 Å². The SMILES string of the molecule is CC(C)OC(=O)[C@@H](C)NP(=O)(OC[C@H]1O[C@@](C#N)(c2ccc3c(N)ncnn23)[C@](C)(O)[C@@H]1OC(=O)C(C)C)Oc1ccccc1. The van der Waals surface area contributed by atoms with E-state index in [1.54, 1.807) is 52.0 Å². The predicted molar refractivity (Wildman–Crippen MR) is 159 cm³/mol. The highest BCUT2D eigenvalue weighted by molar-refractivity contribution is 7.52. The highest BCUT2D eigenvalue weighted by Gasteiger charge is 2.67. The van der Waals surface area contributed by atoms with Gasteiger partial charge in [0.1, 0.15) is 41.4 Å². The van der Waals surface area contributed by atoms with Crippen molar-refractivity contribution in [2.75, 3.05) is 12.3 Å². The molecule has 4 rings (SSSR count). The van der Waals surface area contributed by atoms with E-state index >= 15 is 0 Å². The van der Waals surface area contributed by atoms with Crippen LogP contribution >= 0.6 is 7.75 Å². The molecule has 6 atom stereocenters. The second-order valence-electron chi connectivity index (χ2n) is 11.3. The van der Waals surface area contributed by atoms with Crippen LogP contribution < -0.4 is 15.3 Å². The number of aromatic nitrogens is 3. The molecule has 2 aromatic heterocycles. The Hall–Kier alpha value is -4.06. The maximum Gasteiger partial charge on any atom is 0.459 e. The molecule has 242 valence electrons. The molecule has 3 heterocycles. The van der Waals surface area contributed by atoms with Gasteiger partial charge in [-0.05, 0) is 52.0 Å². The number of esters is 2. The van der Waals surface area contributed by atoms with Gasteiger partial charge in [0.25, 0.3) is 0 Å². The second kappa shape index (κ2) is 13.1. The number of fused-ring (bicyclic) bond motifs is 1. The molecule has 0 radical (unpaired) electrons. The number of benzene rings is 1. The number of nitrogens with two attached hydrogens (primary N) is 1. The van der Waals surface area contributed by atoms with E-state index in [2.05, 4.69) is 15.2 Å². The lowest BCUT2D eigenvalue weighted by Gasteiger charge is -2.34. The first-order valence-corrected chi connectivity index (χ1v) is 15.8. The predicted octanol–water partition coefficient (Wildman–Crippen LogP) is 2.88. The van der Waals surface area contributed by atoms with Crippen molar-refractivity contribution in [3.63, 3.8) is 0 Å². The van der Waals surface area contributed by atoms with Gasteiger partial charge in [-0.3, -0.25) is 14.1 Å². The molecule has 0 saturated carbocycles. The van der Waals surface area contributed by atoms with Crippen molar-refractivity contribution in [2.24, 2.45) is 5.92 Å². The zero-order valence-corrected chi connectivity index (χ0v) is 26.6. The van der Waals surface area contributed by atoms with Gasteiger partial charge in [-0.2, -0.15) is 15.4 Å². The summed E-state index contributed by atoms with van der Waals surface area (Å²) in [7, 11) is -4.40. The Morgan fingerprint density at radius 2 is 1.87 bits per heavy atom. The lowest BCUT2D eigenvalue weighted by molar-refractivity contribution is -0.168. The van der Waals surface area contributed by atoms with Gasteiger partial charge < -0.3 is 29.6 Å². The average Bonchev–Trinajstić information content (AvgIpc) is 3.50. The quantitative estimate of drug-likeness (QED) is 0.191. The number of nitrogens with one attached hydrogen (secondary N) is 1. The smallest absolute Gasteiger partial charge is 0.459 e. The van der Waals surface area contributed by atoms with Crippen LogP contribution in [-0.2, 0) is 38.5 Å². The van der Waals surface area contributed by atoms with Gasteiger partial charge in [-0.15, -0.1) is 0 Å². The number of hydrogen-bond donors (Lipinski definition) is 3. The molecule has 1 saturated heterocycles. The van der Waals surface area contributed by atoms with Gasteiger partial charge in [0, 0.05) is 0 Å². The first kappa shape index (κ1) is 33.8. The van der Waals surface area contributed by atoms with Crippen molar-refractivity contribution < 1.29 is 42.5 Å². The summed E-state index contributed by atoms with van der Waals surface area (Å²) in [6.45, 7) is 8.60. The molecular formula is C29H37N6O9P. The average molecular weight is 645 g/mol. The highest BCUT2D eigenvalue weighted by Crippen LogP contribution is 2.51. The summed E-state index contributed by atoms with van der Waals surface area (Å²) >= 11 is 0. The molecule has 1 aliphatic heterocycles. The van der Waals surface area contributed by atoms with E-state index in [0.717, 1.165) is 0 Å². The van der Waals surface area contributed by atoms with Gasteiger partial charge in [-0.25, -0.2) is 14.1 Å². The Labute approximate surface area is 260 Å². The fraction of sp³-hybridized carbons (Fsp3) is 0.483. The number of nitriles is 1. The van der Waals surface area contributed by atoms with Crippen LogP contribution in [0.15, 0.2) is 48.8 Å². The molecule has 16 heteroatoms. The summed E-state index contributed by atoms with van der Waals surface area (Å²) in [6, 6.07) is 12.0. The van der Waals surface area contributed by atoms with Crippen molar-refractivity contribution in [3.8, 4) is 11.8 Å². The molecular weight excluding hydrogens is 607 g/mol. The van der Waals surface area contributed by atoms with Crippen LogP contribution in [0.1, 0.15) is 47.2 Å². The van der Waals surface area contributed by atoms with Crippen LogP contribution in [-0.4, -0.2) is 68.2 Å². The number of anilines is 1. The first-order chi connectivity index (χ1) is 21.1. The number of para-hydroxylation sites is 1. The monoisotopic (exact) mass is 644 g/mol. The third-order valence-corrected chi connectivity index (χ3v) is 8.73. The molecule has 0 spiro atoms. The Kier molecular flexibility index (Phi) is 9.86. The number of carbonyl (C=O) groups excluding carboxylic acids is 2. The number of nitrogens with zero attached hydrogens (tertiary/aromatic N) is 4. The third-order valence-electron chi connectivity index (χ3n) is 7.08. The Balaban J connectivity index is 1.72.